The predicted molar refractivity (Wildman–Crippen MR) is 141 cm³/mol. The van der Waals surface area contributed by atoms with Gasteiger partial charge in [-0.2, -0.15) is 0 Å². The molecular formula is C26H24ClN3O3S2. The highest BCUT2D eigenvalue weighted by molar-refractivity contribution is 7.93. The van der Waals surface area contributed by atoms with Gasteiger partial charge in [0.25, 0.3) is 15.9 Å². The molecule has 9 heteroatoms. The van der Waals surface area contributed by atoms with Crippen LogP contribution in [0.15, 0.2) is 89.8 Å². The Kier molecular flexibility index (Phi) is 7.85. The minimum Gasteiger partial charge on any atom is -0.351 e. The Morgan fingerprint density at radius 2 is 1.51 bits per heavy atom. The zero-order chi connectivity index (χ0) is 24.8. The van der Waals surface area contributed by atoms with Gasteiger partial charge in [-0.3, -0.25) is 9.52 Å². The van der Waals surface area contributed by atoms with Crippen molar-refractivity contribution in [3.05, 3.63) is 112 Å². The fraction of sp³-hybridized carbons (Fsp3) is 0.154. The summed E-state index contributed by atoms with van der Waals surface area (Å²) >= 11 is 6.85. The Hall–Kier alpha value is -3.20. The van der Waals surface area contributed by atoms with Crippen LogP contribution >= 0.6 is 22.9 Å². The molecule has 3 aromatic carbocycles. The Morgan fingerprint density at radius 3 is 2.09 bits per heavy atom. The predicted octanol–water partition coefficient (Wildman–Crippen LogP) is 5.86. The van der Waals surface area contributed by atoms with Crippen LogP contribution in [0.5, 0.6) is 0 Å². The van der Waals surface area contributed by atoms with Crippen LogP contribution in [0.1, 0.15) is 38.8 Å². The van der Waals surface area contributed by atoms with Crippen molar-refractivity contribution in [2.45, 2.75) is 24.2 Å². The molecule has 180 valence electrons. The third-order valence-corrected chi connectivity index (χ3v) is 8.28. The summed E-state index contributed by atoms with van der Waals surface area (Å²) in [4.78, 5) is 17.5. The van der Waals surface area contributed by atoms with Gasteiger partial charge in [0.1, 0.15) is 4.88 Å². The molecule has 0 aliphatic carbocycles. The van der Waals surface area contributed by atoms with Crippen LogP contribution in [0.25, 0.3) is 0 Å². The highest BCUT2D eigenvalue weighted by atomic mass is 35.5. The molecule has 0 saturated heterocycles. The molecule has 0 saturated carbocycles. The molecule has 0 atom stereocenters. The van der Waals surface area contributed by atoms with E-state index < -0.39 is 10.0 Å². The number of thiazole rings is 1. The standard InChI is InChI=1S/C26H24ClN3O3S2/c1-18-24(34-26(29-18)30-35(32,33)22-14-12-21(27)13-15-22)25(31)28-17-16-23(19-8-4-2-5-9-19)20-10-6-3-7-11-20/h2-15,23H,16-17H2,1H3,(H,28,31)(H,29,30). The maximum Gasteiger partial charge on any atom is 0.263 e. The van der Waals surface area contributed by atoms with Crippen molar-refractivity contribution in [3.8, 4) is 0 Å². The van der Waals surface area contributed by atoms with Gasteiger partial charge in [0.15, 0.2) is 5.13 Å². The zero-order valence-corrected chi connectivity index (χ0v) is 21.3. The Morgan fingerprint density at radius 1 is 0.943 bits per heavy atom. The van der Waals surface area contributed by atoms with Crippen LogP contribution in [0.2, 0.25) is 5.02 Å². The fourth-order valence-corrected chi connectivity index (χ4v) is 5.99. The minimum atomic E-state index is -3.84. The van der Waals surface area contributed by atoms with Crippen LogP contribution in [0.4, 0.5) is 5.13 Å². The van der Waals surface area contributed by atoms with E-state index in [0.717, 1.165) is 11.3 Å². The van der Waals surface area contributed by atoms with Gasteiger partial charge in [0, 0.05) is 17.5 Å². The number of carbonyl (C=O) groups is 1. The molecule has 35 heavy (non-hydrogen) atoms. The van der Waals surface area contributed by atoms with E-state index in [4.69, 9.17) is 11.6 Å². The van der Waals surface area contributed by atoms with Crippen LogP contribution < -0.4 is 10.0 Å². The molecule has 4 aromatic rings. The third kappa shape index (κ3) is 6.28. The number of aromatic nitrogens is 1. The van der Waals surface area contributed by atoms with Gasteiger partial charge in [-0.15, -0.1) is 0 Å². The van der Waals surface area contributed by atoms with Crippen molar-refractivity contribution in [2.75, 3.05) is 11.3 Å². The molecule has 0 aliphatic heterocycles. The molecule has 0 fully saturated rings. The summed E-state index contributed by atoms with van der Waals surface area (Å²) in [6.07, 6.45) is 0.716. The summed E-state index contributed by atoms with van der Waals surface area (Å²) in [5.41, 5.74) is 2.82. The average Bonchev–Trinajstić information content (AvgIpc) is 3.22. The van der Waals surface area contributed by atoms with Crippen LogP contribution in [-0.4, -0.2) is 25.9 Å². The molecular weight excluding hydrogens is 502 g/mol. The number of sulfonamides is 1. The van der Waals surface area contributed by atoms with Gasteiger partial charge < -0.3 is 5.32 Å². The van der Waals surface area contributed by atoms with Gasteiger partial charge in [-0.05, 0) is 48.7 Å². The number of nitrogens with one attached hydrogen (secondary N) is 2. The molecule has 1 amide bonds. The summed E-state index contributed by atoms with van der Waals surface area (Å²) in [7, 11) is -3.84. The second kappa shape index (κ2) is 11.0. The van der Waals surface area contributed by atoms with Crippen molar-refractivity contribution < 1.29 is 13.2 Å². The lowest BCUT2D eigenvalue weighted by Crippen LogP contribution is -2.25. The number of hydrogen-bond acceptors (Lipinski definition) is 5. The van der Waals surface area contributed by atoms with Crippen LogP contribution in [-0.2, 0) is 10.0 Å². The van der Waals surface area contributed by atoms with Crippen LogP contribution in [0, 0.1) is 6.92 Å². The highest BCUT2D eigenvalue weighted by Gasteiger charge is 2.21. The van der Waals surface area contributed by atoms with E-state index in [9.17, 15) is 13.2 Å². The zero-order valence-electron chi connectivity index (χ0n) is 18.9. The molecule has 1 heterocycles. The Labute approximate surface area is 214 Å². The third-order valence-electron chi connectivity index (χ3n) is 5.47. The van der Waals surface area contributed by atoms with Gasteiger partial charge in [-0.25, -0.2) is 13.4 Å². The normalized spacial score (nSPS) is 11.4. The first-order valence-corrected chi connectivity index (χ1v) is 13.6. The van der Waals surface area contributed by atoms with E-state index in [1.54, 1.807) is 6.92 Å². The number of nitrogens with zero attached hydrogens (tertiary/aromatic N) is 1. The summed E-state index contributed by atoms with van der Waals surface area (Å²) < 4.78 is 27.7. The van der Waals surface area contributed by atoms with E-state index in [2.05, 4.69) is 39.3 Å². The van der Waals surface area contributed by atoms with Gasteiger partial charge in [0.05, 0.1) is 10.6 Å². The number of aryl methyl sites for hydroxylation is 1. The van der Waals surface area contributed by atoms with E-state index in [0.29, 0.717) is 28.6 Å². The second-order valence-electron chi connectivity index (χ2n) is 7.91. The summed E-state index contributed by atoms with van der Waals surface area (Å²) in [6.45, 7) is 2.14. The topological polar surface area (TPSA) is 88.2 Å². The maximum atomic E-state index is 12.9. The molecule has 0 bridgehead atoms. The molecule has 6 nitrogen and oxygen atoms in total. The number of halogens is 1. The van der Waals surface area contributed by atoms with Crippen molar-refractivity contribution in [3.63, 3.8) is 0 Å². The van der Waals surface area contributed by atoms with E-state index in [-0.39, 0.29) is 21.9 Å². The first kappa shape index (κ1) is 24.9. The number of hydrogen-bond donors (Lipinski definition) is 2. The lowest BCUT2D eigenvalue weighted by Gasteiger charge is -2.18. The number of rotatable bonds is 9. The average molecular weight is 526 g/mol. The summed E-state index contributed by atoms with van der Waals surface area (Å²) in [6, 6.07) is 26.2. The minimum absolute atomic E-state index is 0.0635. The fourth-order valence-electron chi connectivity index (χ4n) is 3.75. The number of amides is 1. The molecule has 0 spiro atoms. The van der Waals surface area contributed by atoms with Crippen molar-refractivity contribution >= 4 is 44.0 Å². The van der Waals surface area contributed by atoms with Crippen molar-refractivity contribution in [1.29, 1.82) is 0 Å². The van der Waals surface area contributed by atoms with Gasteiger partial charge >= 0.3 is 0 Å². The van der Waals surface area contributed by atoms with Gasteiger partial charge in [0.2, 0.25) is 0 Å². The monoisotopic (exact) mass is 525 g/mol. The summed E-state index contributed by atoms with van der Waals surface area (Å²) in [5, 5.41) is 3.54. The molecule has 0 aliphatic rings. The SMILES string of the molecule is Cc1nc(NS(=O)(=O)c2ccc(Cl)cc2)sc1C(=O)NCCC(c1ccccc1)c1ccccc1. The van der Waals surface area contributed by atoms with Crippen molar-refractivity contribution in [1.82, 2.24) is 10.3 Å². The van der Waals surface area contributed by atoms with E-state index in [1.807, 2.05) is 36.4 Å². The second-order valence-corrected chi connectivity index (χ2v) is 11.0. The highest BCUT2D eigenvalue weighted by Crippen LogP contribution is 2.28. The van der Waals surface area contributed by atoms with Crippen LogP contribution in [0.3, 0.4) is 0 Å². The van der Waals surface area contributed by atoms with E-state index in [1.165, 1.54) is 35.4 Å². The lowest BCUT2D eigenvalue weighted by atomic mass is 9.88. The lowest BCUT2D eigenvalue weighted by molar-refractivity contribution is 0.0956. The maximum absolute atomic E-state index is 12.9. The smallest absolute Gasteiger partial charge is 0.263 e. The number of carbonyl (C=O) groups excluding carboxylic acids is 1. The Bertz CT molecular complexity index is 1350. The number of benzene rings is 3. The first-order valence-electron chi connectivity index (χ1n) is 11.0. The first-order chi connectivity index (χ1) is 16.8. The van der Waals surface area contributed by atoms with Gasteiger partial charge in [-0.1, -0.05) is 83.6 Å². The molecule has 4 rings (SSSR count). The largest absolute Gasteiger partial charge is 0.351 e. The number of anilines is 1. The van der Waals surface area contributed by atoms with Crippen molar-refractivity contribution in [2.24, 2.45) is 0 Å². The molecule has 0 radical (unpaired) electrons. The molecule has 1 aromatic heterocycles. The molecule has 2 N–H and O–H groups in total. The molecule has 0 unspecified atom stereocenters. The quantitative estimate of drug-likeness (QED) is 0.286. The summed E-state index contributed by atoms with van der Waals surface area (Å²) in [5.74, 6) is -0.140. The van der Waals surface area contributed by atoms with E-state index >= 15 is 0 Å². The Balaban J connectivity index is 1.42.